The molecule has 0 aliphatic carbocycles. The van der Waals surface area contributed by atoms with Crippen LogP contribution in [-0.2, 0) is 14.3 Å². The lowest BCUT2D eigenvalue weighted by Crippen LogP contribution is -2.40. The lowest BCUT2D eigenvalue weighted by Gasteiger charge is -2.25. The number of hydrogen-bond donors (Lipinski definition) is 0. The fraction of sp³-hybridized carbons (Fsp3) is 0.171. The van der Waals surface area contributed by atoms with Crippen molar-refractivity contribution in [1.82, 2.24) is 14.3 Å². The van der Waals surface area contributed by atoms with Gasteiger partial charge < -0.3 is 14.2 Å². The SMILES string of the molecule is CCOC(=O)C1=C(C)N=c2s/c(=C/c3cn(-c4ccccc4)nc3-c3ccccc3)c(=O)n2C1c1ccc(OC(C)=O)c(OC)c1. The largest absolute Gasteiger partial charge is 0.493 e. The van der Waals surface area contributed by atoms with Gasteiger partial charge in [-0.3, -0.25) is 14.2 Å². The van der Waals surface area contributed by atoms with Crippen molar-refractivity contribution in [1.29, 1.82) is 0 Å². The second kappa shape index (κ2) is 12.8. The first kappa shape index (κ1) is 30.5. The molecule has 5 aromatic rings. The number of aromatic nitrogens is 3. The van der Waals surface area contributed by atoms with E-state index in [1.54, 1.807) is 36.7 Å². The van der Waals surface area contributed by atoms with Gasteiger partial charge in [-0.1, -0.05) is 65.9 Å². The number of ether oxygens (including phenoxy) is 3. The topological polar surface area (TPSA) is 114 Å². The maximum Gasteiger partial charge on any atom is 0.338 e. The minimum absolute atomic E-state index is 0.148. The molecule has 1 aliphatic rings. The summed E-state index contributed by atoms with van der Waals surface area (Å²) in [5.74, 6) is -0.601. The van der Waals surface area contributed by atoms with Crippen molar-refractivity contribution in [3.63, 3.8) is 0 Å². The molecule has 3 heterocycles. The van der Waals surface area contributed by atoms with E-state index in [0.717, 1.165) is 16.8 Å². The molecule has 232 valence electrons. The molecule has 0 saturated carbocycles. The van der Waals surface area contributed by atoms with E-state index >= 15 is 0 Å². The number of benzene rings is 3. The van der Waals surface area contributed by atoms with Gasteiger partial charge in [0.1, 0.15) is 0 Å². The molecule has 1 atom stereocenters. The highest BCUT2D eigenvalue weighted by molar-refractivity contribution is 7.07. The first-order valence-electron chi connectivity index (χ1n) is 14.6. The molecule has 0 spiro atoms. The number of hydrogen-bond acceptors (Lipinski definition) is 9. The van der Waals surface area contributed by atoms with Gasteiger partial charge in [-0.15, -0.1) is 0 Å². The Labute approximate surface area is 268 Å². The molecular weight excluding hydrogens is 604 g/mol. The quantitative estimate of drug-likeness (QED) is 0.181. The summed E-state index contributed by atoms with van der Waals surface area (Å²) < 4.78 is 19.9. The van der Waals surface area contributed by atoms with Gasteiger partial charge in [-0.05, 0) is 49.8 Å². The summed E-state index contributed by atoms with van der Waals surface area (Å²) in [4.78, 5) is 44.4. The highest BCUT2D eigenvalue weighted by Crippen LogP contribution is 2.36. The third-order valence-electron chi connectivity index (χ3n) is 7.37. The van der Waals surface area contributed by atoms with Crippen molar-refractivity contribution < 1.29 is 23.8 Å². The zero-order chi connectivity index (χ0) is 32.4. The molecular formula is C35H30N4O6S. The van der Waals surface area contributed by atoms with E-state index in [0.29, 0.717) is 26.3 Å². The van der Waals surface area contributed by atoms with Crippen LogP contribution in [0.4, 0.5) is 0 Å². The summed E-state index contributed by atoms with van der Waals surface area (Å²) in [5, 5.41) is 4.88. The molecule has 0 fully saturated rings. The van der Waals surface area contributed by atoms with Gasteiger partial charge in [0.2, 0.25) is 0 Å². The molecule has 46 heavy (non-hydrogen) atoms. The summed E-state index contributed by atoms with van der Waals surface area (Å²) in [6, 6.07) is 23.5. The first-order chi connectivity index (χ1) is 22.3. The Kier molecular flexibility index (Phi) is 8.49. The molecule has 3 aromatic carbocycles. The number of esters is 2. The summed E-state index contributed by atoms with van der Waals surface area (Å²) in [6.45, 7) is 4.88. The smallest absolute Gasteiger partial charge is 0.338 e. The molecule has 0 saturated heterocycles. The van der Waals surface area contributed by atoms with Gasteiger partial charge >= 0.3 is 11.9 Å². The number of allylic oxidation sites excluding steroid dienone is 1. The zero-order valence-corrected chi connectivity index (χ0v) is 26.4. The second-order valence-corrected chi connectivity index (χ2v) is 11.4. The molecule has 0 amide bonds. The monoisotopic (exact) mass is 634 g/mol. The van der Waals surface area contributed by atoms with E-state index in [-0.39, 0.29) is 29.2 Å². The lowest BCUT2D eigenvalue weighted by molar-refractivity contribution is -0.139. The van der Waals surface area contributed by atoms with Gasteiger partial charge in [0.15, 0.2) is 16.3 Å². The van der Waals surface area contributed by atoms with Crippen LogP contribution < -0.4 is 24.4 Å². The molecule has 0 N–H and O–H groups in total. The van der Waals surface area contributed by atoms with Crippen LogP contribution in [0, 0.1) is 0 Å². The Morgan fingerprint density at radius 1 is 1.00 bits per heavy atom. The molecule has 1 aliphatic heterocycles. The molecule has 2 aromatic heterocycles. The van der Waals surface area contributed by atoms with Gasteiger partial charge in [0.05, 0.1) is 46.9 Å². The average Bonchev–Trinajstić information content (AvgIpc) is 3.61. The van der Waals surface area contributed by atoms with Crippen LogP contribution in [0.2, 0.25) is 0 Å². The Morgan fingerprint density at radius 3 is 2.39 bits per heavy atom. The fourth-order valence-corrected chi connectivity index (χ4v) is 6.41. The predicted octanol–water partition coefficient (Wildman–Crippen LogP) is 4.58. The number of rotatable bonds is 8. The predicted molar refractivity (Wildman–Crippen MR) is 174 cm³/mol. The van der Waals surface area contributed by atoms with Gasteiger partial charge in [0, 0.05) is 24.2 Å². The lowest BCUT2D eigenvalue weighted by atomic mass is 9.95. The zero-order valence-electron chi connectivity index (χ0n) is 25.6. The Morgan fingerprint density at radius 2 is 1.72 bits per heavy atom. The maximum absolute atomic E-state index is 14.3. The molecule has 1 unspecified atom stereocenters. The van der Waals surface area contributed by atoms with Gasteiger partial charge in [-0.2, -0.15) is 5.10 Å². The van der Waals surface area contributed by atoms with Crippen LogP contribution in [-0.4, -0.2) is 40.0 Å². The summed E-state index contributed by atoms with van der Waals surface area (Å²) >= 11 is 1.22. The fourth-order valence-electron chi connectivity index (χ4n) is 5.37. The van der Waals surface area contributed by atoms with Crippen molar-refractivity contribution in [2.75, 3.05) is 13.7 Å². The van der Waals surface area contributed by atoms with Crippen molar-refractivity contribution in [3.8, 4) is 28.4 Å². The van der Waals surface area contributed by atoms with Crippen LogP contribution in [0.3, 0.4) is 0 Å². The highest BCUT2D eigenvalue weighted by atomic mass is 32.1. The van der Waals surface area contributed by atoms with Crippen molar-refractivity contribution in [3.05, 3.63) is 127 Å². The molecule has 6 rings (SSSR count). The molecule has 10 nitrogen and oxygen atoms in total. The van der Waals surface area contributed by atoms with Crippen molar-refractivity contribution in [2.45, 2.75) is 26.8 Å². The third kappa shape index (κ3) is 5.80. The van der Waals surface area contributed by atoms with Crippen LogP contribution in [0.15, 0.2) is 106 Å². The summed E-state index contributed by atoms with van der Waals surface area (Å²) in [7, 11) is 1.45. The van der Waals surface area contributed by atoms with Gasteiger partial charge in [-0.25, -0.2) is 14.5 Å². The number of carbonyl (C=O) groups excluding carboxylic acids is 2. The number of fused-ring (bicyclic) bond motifs is 1. The van der Waals surface area contributed by atoms with Crippen LogP contribution in [0.25, 0.3) is 23.0 Å². The highest BCUT2D eigenvalue weighted by Gasteiger charge is 2.34. The van der Waals surface area contributed by atoms with E-state index in [4.69, 9.17) is 19.3 Å². The van der Waals surface area contributed by atoms with Crippen LogP contribution in [0.1, 0.15) is 37.9 Å². The van der Waals surface area contributed by atoms with Crippen LogP contribution in [0.5, 0.6) is 11.5 Å². The third-order valence-corrected chi connectivity index (χ3v) is 8.35. The van der Waals surface area contributed by atoms with E-state index in [2.05, 4.69) is 4.99 Å². The summed E-state index contributed by atoms with van der Waals surface area (Å²) in [5.41, 5.74) is 4.10. The number of nitrogens with zero attached hydrogens (tertiary/aromatic N) is 4. The number of thiazole rings is 1. The number of methoxy groups -OCH3 is 1. The minimum Gasteiger partial charge on any atom is -0.493 e. The number of para-hydroxylation sites is 1. The average molecular weight is 635 g/mol. The first-order valence-corrected chi connectivity index (χ1v) is 15.4. The van der Waals surface area contributed by atoms with E-state index in [1.807, 2.05) is 72.9 Å². The van der Waals surface area contributed by atoms with Crippen molar-refractivity contribution >= 4 is 29.4 Å². The van der Waals surface area contributed by atoms with Crippen molar-refractivity contribution in [2.24, 2.45) is 4.99 Å². The minimum atomic E-state index is -0.877. The number of carbonyl (C=O) groups is 2. The maximum atomic E-state index is 14.3. The normalized spacial score (nSPS) is 14.4. The van der Waals surface area contributed by atoms with E-state index < -0.39 is 18.0 Å². The molecule has 0 radical (unpaired) electrons. The Hall–Kier alpha value is -5.55. The van der Waals surface area contributed by atoms with E-state index in [1.165, 1.54) is 29.9 Å². The van der Waals surface area contributed by atoms with E-state index in [9.17, 15) is 14.4 Å². The Bertz CT molecular complexity index is 2160. The van der Waals surface area contributed by atoms with Gasteiger partial charge in [0.25, 0.3) is 5.56 Å². The molecule has 0 bridgehead atoms. The second-order valence-electron chi connectivity index (χ2n) is 10.4. The Balaban J connectivity index is 1.55. The standard InChI is InChI=1S/C35H30N4O6S/c1-5-44-34(42)30-21(2)36-35-39(32(30)24-16-17-27(45-22(3)40)28(18-24)43-4)33(41)29(46-35)19-25-20-38(26-14-10-7-11-15-26)37-31(25)23-12-8-6-9-13-23/h6-20,32H,5H2,1-4H3/b29-19+. The summed E-state index contributed by atoms with van der Waals surface area (Å²) in [6.07, 6.45) is 3.70. The molecule has 11 heteroatoms. The van der Waals surface area contributed by atoms with Crippen LogP contribution >= 0.6 is 11.3 Å².